The molecule has 18 heteroatoms. The number of benzene rings is 1. The predicted molar refractivity (Wildman–Crippen MR) is 163 cm³/mol. The minimum atomic E-state index is -1.32. The van der Waals surface area contributed by atoms with Crippen LogP contribution in [0.15, 0.2) is 36.7 Å². The summed E-state index contributed by atoms with van der Waals surface area (Å²) in [5, 5.41) is 54.7. The molecule has 3 aromatic heterocycles. The summed E-state index contributed by atoms with van der Waals surface area (Å²) in [6, 6.07) is 9.97. The highest BCUT2D eigenvalue weighted by Gasteiger charge is 2.47. The molecule has 2 fully saturated rings. The minimum absolute atomic E-state index is 0.175. The number of nitrogens with zero attached hydrogens (tertiary/aromatic N) is 10. The quantitative estimate of drug-likeness (QED) is 0.0950. The van der Waals surface area contributed by atoms with E-state index in [4.69, 9.17) is 29.3 Å². The largest absolute Gasteiger partial charge is 0.483 e. The van der Waals surface area contributed by atoms with Crippen molar-refractivity contribution in [2.75, 3.05) is 62.9 Å². The van der Waals surface area contributed by atoms with Crippen molar-refractivity contribution in [3.8, 4) is 0 Å². The maximum Gasteiger partial charge on any atom is 0.290 e. The first-order valence-corrected chi connectivity index (χ1v) is 15.0. The van der Waals surface area contributed by atoms with E-state index in [0.717, 1.165) is 25.2 Å². The number of ether oxygens (including phenoxy) is 2. The van der Waals surface area contributed by atoms with Gasteiger partial charge in [0.25, 0.3) is 6.47 Å². The molecular formula is C28H39N11O7. The Morgan fingerprint density at radius 3 is 2.59 bits per heavy atom. The zero-order chi connectivity index (χ0) is 32.5. The molecule has 2 saturated heterocycles. The molecule has 0 bridgehead atoms. The number of hydrogen-bond donors (Lipinski definition) is 5. The van der Waals surface area contributed by atoms with Crippen LogP contribution in [0.3, 0.4) is 0 Å². The molecule has 4 atom stereocenters. The molecule has 0 amide bonds. The zero-order valence-corrected chi connectivity index (χ0v) is 25.4. The average molecular weight is 642 g/mol. The Balaban J connectivity index is 0.00000134. The van der Waals surface area contributed by atoms with Crippen molar-refractivity contribution in [1.82, 2.24) is 44.6 Å². The standard InChI is InChI=1S/C27H37N11O5.CH2O2/c1-2-38-33-24(32-34-38)22-20(40)21(41)26(43-22)37-16-29-19-23(28-9-11-35-12-14-42-15-13-35)30-27(31-25(19)37)36(17-39)10-8-18-6-4-3-5-7-18;2-1-3/h3-7,16,20-22,26,39-41H,2,8-15,17H2,1H3,(H,28,30,31);1H,(H,2,3)/t20-,21+,22-,26+;/m0./s1. The van der Waals surface area contributed by atoms with Gasteiger partial charge in [-0.15, -0.1) is 10.2 Å². The molecular weight excluding hydrogens is 602 g/mol. The molecule has 0 spiro atoms. The van der Waals surface area contributed by atoms with Gasteiger partial charge in [0.2, 0.25) is 11.8 Å². The lowest BCUT2D eigenvalue weighted by molar-refractivity contribution is -0.122. The molecule has 0 unspecified atom stereocenters. The summed E-state index contributed by atoms with van der Waals surface area (Å²) >= 11 is 0. The number of imidazole rings is 1. The second-order valence-corrected chi connectivity index (χ2v) is 10.6. The topological polar surface area (TPSA) is 222 Å². The average Bonchev–Trinajstić information content (AvgIpc) is 3.81. The first kappa shape index (κ1) is 33.0. The number of carboxylic acid groups (broad SMARTS) is 1. The van der Waals surface area contributed by atoms with Crippen LogP contribution in [0, 0.1) is 0 Å². The van der Waals surface area contributed by atoms with E-state index in [1.165, 1.54) is 11.1 Å². The number of aryl methyl sites for hydroxylation is 1. The van der Waals surface area contributed by atoms with Crippen molar-refractivity contribution < 1.29 is 34.7 Å². The molecule has 2 aliphatic heterocycles. The second kappa shape index (κ2) is 15.8. The number of rotatable bonds is 12. The summed E-state index contributed by atoms with van der Waals surface area (Å²) < 4.78 is 13.1. The Morgan fingerprint density at radius 2 is 1.89 bits per heavy atom. The van der Waals surface area contributed by atoms with Gasteiger partial charge in [-0.05, 0) is 24.1 Å². The Labute approximate surface area is 264 Å². The summed E-state index contributed by atoms with van der Waals surface area (Å²) in [7, 11) is 0. The van der Waals surface area contributed by atoms with Gasteiger partial charge in [-0.2, -0.15) is 14.8 Å². The van der Waals surface area contributed by atoms with Crippen LogP contribution in [0.1, 0.15) is 30.6 Å². The third kappa shape index (κ3) is 7.54. The van der Waals surface area contributed by atoms with Crippen LogP contribution in [0.25, 0.3) is 11.2 Å². The fourth-order valence-corrected chi connectivity index (χ4v) is 5.26. The summed E-state index contributed by atoms with van der Waals surface area (Å²) in [5.74, 6) is 0.953. The number of aliphatic hydroxyl groups excluding tert-OH is 3. The van der Waals surface area contributed by atoms with E-state index in [0.29, 0.717) is 62.2 Å². The van der Waals surface area contributed by atoms with Crippen molar-refractivity contribution in [3.63, 3.8) is 0 Å². The first-order chi connectivity index (χ1) is 22.5. The van der Waals surface area contributed by atoms with Crippen LogP contribution in [0.4, 0.5) is 11.8 Å². The molecule has 2 aliphatic rings. The fraction of sp³-hybridized carbons (Fsp3) is 0.536. The molecule has 0 radical (unpaired) electrons. The number of tetrazole rings is 1. The summed E-state index contributed by atoms with van der Waals surface area (Å²) in [5.41, 5.74) is 1.96. The highest BCUT2D eigenvalue weighted by Crippen LogP contribution is 2.39. The maximum atomic E-state index is 11.0. The minimum Gasteiger partial charge on any atom is -0.483 e. The maximum absolute atomic E-state index is 11.0. The number of aromatic nitrogens is 8. The van der Waals surface area contributed by atoms with E-state index in [9.17, 15) is 15.3 Å². The van der Waals surface area contributed by atoms with E-state index >= 15 is 0 Å². The Morgan fingerprint density at radius 1 is 1.13 bits per heavy atom. The Bertz CT molecular complexity index is 1530. The Kier molecular flexibility index (Phi) is 11.3. The van der Waals surface area contributed by atoms with E-state index in [2.05, 4.69) is 30.6 Å². The molecule has 18 nitrogen and oxygen atoms in total. The summed E-state index contributed by atoms with van der Waals surface area (Å²) in [4.78, 5) is 27.8. The van der Waals surface area contributed by atoms with E-state index < -0.39 is 24.5 Å². The molecule has 1 aromatic carbocycles. The van der Waals surface area contributed by atoms with Crippen molar-refractivity contribution in [2.24, 2.45) is 0 Å². The van der Waals surface area contributed by atoms with E-state index in [1.807, 2.05) is 37.3 Å². The number of aliphatic hydroxyl groups is 3. The second-order valence-electron chi connectivity index (χ2n) is 10.6. The van der Waals surface area contributed by atoms with Crippen molar-refractivity contribution in [3.05, 3.63) is 48.0 Å². The van der Waals surface area contributed by atoms with Gasteiger partial charge in [-0.25, -0.2) is 4.98 Å². The normalized spacial score (nSPS) is 21.6. The van der Waals surface area contributed by atoms with E-state index in [-0.39, 0.29) is 19.0 Å². The third-order valence-corrected chi connectivity index (χ3v) is 7.72. The molecule has 5 N–H and O–H groups in total. The number of fused-ring (bicyclic) bond motifs is 1. The van der Waals surface area contributed by atoms with Gasteiger partial charge in [0, 0.05) is 32.7 Å². The lowest BCUT2D eigenvalue weighted by atomic mass is 10.1. The third-order valence-electron chi connectivity index (χ3n) is 7.72. The molecule has 248 valence electrons. The molecule has 46 heavy (non-hydrogen) atoms. The van der Waals surface area contributed by atoms with Crippen LogP contribution in [-0.4, -0.2) is 136 Å². The molecule has 6 rings (SSSR count). The molecule has 5 heterocycles. The van der Waals surface area contributed by atoms with Crippen LogP contribution in [0.5, 0.6) is 0 Å². The molecule has 0 aliphatic carbocycles. The van der Waals surface area contributed by atoms with Crippen molar-refractivity contribution in [1.29, 1.82) is 0 Å². The zero-order valence-electron chi connectivity index (χ0n) is 25.4. The SMILES string of the molecule is CCn1nnc([C@H]2O[C@@H](n3cnc4c(NCCN5CCOCC5)nc(N(CO)CCc5ccccc5)nc43)[C@H](O)[C@@H]2O)n1.O=CO. The molecule has 0 saturated carbocycles. The number of hydrogen-bond acceptors (Lipinski definition) is 15. The van der Waals surface area contributed by atoms with Gasteiger partial charge in [-0.1, -0.05) is 30.3 Å². The van der Waals surface area contributed by atoms with Crippen molar-refractivity contribution in [2.45, 2.75) is 44.4 Å². The predicted octanol–water partition coefficient (Wildman–Crippen LogP) is -0.732. The smallest absolute Gasteiger partial charge is 0.290 e. The van der Waals surface area contributed by atoms with Crippen LogP contribution < -0.4 is 10.2 Å². The lowest BCUT2D eigenvalue weighted by Gasteiger charge is -2.26. The van der Waals surface area contributed by atoms with Gasteiger partial charge in [0.05, 0.1) is 26.1 Å². The number of carbonyl (C=O) groups is 1. The number of nitrogens with one attached hydrogen (secondary N) is 1. The first-order valence-electron chi connectivity index (χ1n) is 15.0. The Hall–Kier alpha value is -4.33. The number of morpholine rings is 1. The van der Waals surface area contributed by atoms with Gasteiger partial charge < -0.3 is 40.1 Å². The van der Waals surface area contributed by atoms with Crippen LogP contribution in [-0.2, 0) is 27.2 Å². The lowest BCUT2D eigenvalue weighted by Crippen LogP contribution is -2.39. The van der Waals surface area contributed by atoms with E-state index in [1.54, 1.807) is 9.47 Å². The van der Waals surface area contributed by atoms with Gasteiger partial charge in [0.15, 0.2) is 29.3 Å². The molecule has 4 aromatic rings. The van der Waals surface area contributed by atoms with Gasteiger partial charge >= 0.3 is 0 Å². The van der Waals surface area contributed by atoms with Crippen LogP contribution >= 0.6 is 0 Å². The fourth-order valence-electron chi connectivity index (χ4n) is 5.26. The van der Waals surface area contributed by atoms with Gasteiger partial charge in [-0.3, -0.25) is 14.3 Å². The van der Waals surface area contributed by atoms with Crippen LogP contribution in [0.2, 0.25) is 0 Å². The van der Waals surface area contributed by atoms with Gasteiger partial charge in [0.1, 0.15) is 18.9 Å². The van der Waals surface area contributed by atoms with Crippen molar-refractivity contribution >= 4 is 29.4 Å². The highest BCUT2D eigenvalue weighted by molar-refractivity contribution is 5.84. The monoisotopic (exact) mass is 641 g/mol. The number of anilines is 2. The summed E-state index contributed by atoms with van der Waals surface area (Å²) in [6.45, 7) is 6.81. The summed E-state index contributed by atoms with van der Waals surface area (Å²) in [6.07, 6.45) is -2.48. The highest BCUT2D eigenvalue weighted by atomic mass is 16.6.